The van der Waals surface area contributed by atoms with Crippen LogP contribution < -0.4 is 10.1 Å². The molecule has 0 aliphatic rings. The molecule has 18 heavy (non-hydrogen) atoms. The Kier molecular flexibility index (Phi) is 4.58. The van der Waals surface area contributed by atoms with E-state index in [0.717, 1.165) is 28.6 Å². The molecule has 0 spiro atoms. The van der Waals surface area contributed by atoms with Crippen molar-refractivity contribution >= 4 is 22.9 Å². The summed E-state index contributed by atoms with van der Waals surface area (Å²) in [6.45, 7) is 3.16. The van der Waals surface area contributed by atoms with Crippen molar-refractivity contribution < 1.29 is 4.74 Å². The predicted molar refractivity (Wildman–Crippen MR) is 75.4 cm³/mol. The zero-order valence-corrected chi connectivity index (χ0v) is 11.9. The third-order valence-corrected chi connectivity index (χ3v) is 3.66. The summed E-state index contributed by atoms with van der Waals surface area (Å²) in [5, 5.41) is 6.71. The second kappa shape index (κ2) is 6.18. The van der Waals surface area contributed by atoms with E-state index in [1.165, 1.54) is 0 Å². The van der Waals surface area contributed by atoms with Crippen LogP contribution in [0.5, 0.6) is 5.75 Å². The van der Waals surface area contributed by atoms with E-state index in [1.54, 1.807) is 11.3 Å². The molecule has 1 N–H and O–H groups in total. The fourth-order valence-electron chi connectivity index (χ4n) is 1.65. The molecule has 0 aliphatic carbocycles. The van der Waals surface area contributed by atoms with Crippen molar-refractivity contribution in [3.63, 3.8) is 0 Å². The number of benzene rings is 1. The molecule has 1 heterocycles. The molecule has 2 aromatic rings. The van der Waals surface area contributed by atoms with Crippen molar-refractivity contribution in [3.8, 4) is 5.75 Å². The molecule has 2 rings (SSSR count). The van der Waals surface area contributed by atoms with E-state index < -0.39 is 0 Å². The number of nitrogens with zero attached hydrogens (tertiary/aromatic N) is 1. The van der Waals surface area contributed by atoms with E-state index in [4.69, 9.17) is 16.3 Å². The molecule has 0 atom stereocenters. The minimum absolute atomic E-state index is 0.457. The van der Waals surface area contributed by atoms with Crippen LogP contribution in [0.2, 0.25) is 5.02 Å². The second-order valence-electron chi connectivity index (χ2n) is 3.93. The van der Waals surface area contributed by atoms with Gasteiger partial charge in [-0.2, -0.15) is 0 Å². The van der Waals surface area contributed by atoms with E-state index >= 15 is 0 Å². The summed E-state index contributed by atoms with van der Waals surface area (Å²) >= 11 is 7.77. The summed E-state index contributed by atoms with van der Waals surface area (Å²) in [6.07, 6.45) is 0. The first-order valence-corrected chi connectivity index (χ1v) is 6.92. The molecule has 0 aliphatic heterocycles. The molecule has 0 saturated carbocycles. The first-order valence-electron chi connectivity index (χ1n) is 5.66. The molecule has 1 aromatic heterocycles. The SMILES string of the molecule is CNCc1cccc(Cl)c1OCc1nc(C)cs1. The van der Waals surface area contributed by atoms with Crippen LogP contribution in [0, 0.1) is 6.92 Å². The number of halogens is 1. The Morgan fingerprint density at radius 2 is 2.28 bits per heavy atom. The minimum Gasteiger partial charge on any atom is -0.485 e. The number of nitrogens with one attached hydrogen (secondary N) is 1. The van der Waals surface area contributed by atoms with Crippen LogP contribution >= 0.6 is 22.9 Å². The molecule has 0 amide bonds. The third kappa shape index (κ3) is 3.22. The maximum atomic E-state index is 6.17. The van der Waals surface area contributed by atoms with Crippen LogP contribution in [0.1, 0.15) is 16.3 Å². The van der Waals surface area contributed by atoms with Gasteiger partial charge < -0.3 is 10.1 Å². The Hall–Kier alpha value is -1.10. The monoisotopic (exact) mass is 282 g/mol. The minimum atomic E-state index is 0.457. The highest BCUT2D eigenvalue weighted by Crippen LogP contribution is 2.29. The molecule has 1 aromatic carbocycles. The maximum absolute atomic E-state index is 6.17. The summed E-state index contributed by atoms with van der Waals surface area (Å²) in [5.41, 5.74) is 2.08. The molecule has 5 heteroatoms. The lowest BCUT2D eigenvalue weighted by molar-refractivity contribution is 0.302. The van der Waals surface area contributed by atoms with Gasteiger partial charge in [0, 0.05) is 23.2 Å². The molecule has 0 bridgehead atoms. The molecule has 0 unspecified atom stereocenters. The largest absolute Gasteiger partial charge is 0.485 e. The standard InChI is InChI=1S/C13H15ClN2OS/c1-9-8-18-12(16-9)7-17-13-10(6-15-2)4-3-5-11(13)14/h3-5,8,15H,6-7H2,1-2H3. The van der Waals surface area contributed by atoms with E-state index in [2.05, 4.69) is 10.3 Å². The molecule has 3 nitrogen and oxygen atoms in total. The van der Waals surface area contributed by atoms with Gasteiger partial charge in [0.2, 0.25) is 0 Å². The summed E-state index contributed by atoms with van der Waals surface area (Å²) in [7, 11) is 1.90. The van der Waals surface area contributed by atoms with Gasteiger partial charge in [-0.25, -0.2) is 4.98 Å². The normalized spacial score (nSPS) is 10.6. The summed E-state index contributed by atoms with van der Waals surface area (Å²) < 4.78 is 5.80. The first-order chi connectivity index (χ1) is 8.70. The van der Waals surface area contributed by atoms with Gasteiger partial charge in [0.05, 0.1) is 5.02 Å². The van der Waals surface area contributed by atoms with E-state index in [1.807, 2.05) is 37.6 Å². The maximum Gasteiger partial charge on any atom is 0.143 e. The van der Waals surface area contributed by atoms with Gasteiger partial charge in [-0.1, -0.05) is 23.7 Å². The lowest BCUT2D eigenvalue weighted by atomic mass is 10.2. The smallest absolute Gasteiger partial charge is 0.143 e. The van der Waals surface area contributed by atoms with E-state index in [-0.39, 0.29) is 0 Å². The summed E-state index contributed by atoms with van der Waals surface area (Å²) in [6, 6.07) is 5.77. The molecule has 0 fully saturated rings. The Morgan fingerprint density at radius 3 is 2.94 bits per heavy atom. The number of hydrogen-bond acceptors (Lipinski definition) is 4. The van der Waals surface area contributed by atoms with Gasteiger partial charge in [0.1, 0.15) is 17.4 Å². The average molecular weight is 283 g/mol. The average Bonchev–Trinajstić information content (AvgIpc) is 2.75. The highest BCUT2D eigenvalue weighted by molar-refractivity contribution is 7.09. The van der Waals surface area contributed by atoms with E-state index in [0.29, 0.717) is 11.6 Å². The van der Waals surface area contributed by atoms with Crippen LogP contribution in [0.15, 0.2) is 23.6 Å². The topological polar surface area (TPSA) is 34.1 Å². The van der Waals surface area contributed by atoms with E-state index in [9.17, 15) is 0 Å². The molecule has 0 saturated heterocycles. The van der Waals surface area contributed by atoms with Gasteiger partial charge in [-0.15, -0.1) is 11.3 Å². The number of aryl methyl sites for hydroxylation is 1. The predicted octanol–water partition coefficient (Wildman–Crippen LogP) is 3.40. The zero-order chi connectivity index (χ0) is 13.0. The molecular weight excluding hydrogens is 268 g/mol. The Labute approximate surface area is 116 Å². The lowest BCUT2D eigenvalue weighted by Gasteiger charge is -2.11. The van der Waals surface area contributed by atoms with Crippen LogP contribution in [0.4, 0.5) is 0 Å². The fraction of sp³-hybridized carbons (Fsp3) is 0.308. The van der Waals surface area contributed by atoms with Gasteiger partial charge in [0.25, 0.3) is 0 Å². The van der Waals surface area contributed by atoms with Crippen molar-refractivity contribution in [2.45, 2.75) is 20.1 Å². The highest BCUT2D eigenvalue weighted by Gasteiger charge is 2.09. The highest BCUT2D eigenvalue weighted by atomic mass is 35.5. The number of thiazole rings is 1. The summed E-state index contributed by atoms with van der Waals surface area (Å²) in [5.74, 6) is 0.737. The second-order valence-corrected chi connectivity index (χ2v) is 5.28. The lowest BCUT2D eigenvalue weighted by Crippen LogP contribution is -2.07. The van der Waals surface area contributed by atoms with Crippen LogP contribution in [0.25, 0.3) is 0 Å². The summed E-state index contributed by atoms with van der Waals surface area (Å²) in [4.78, 5) is 4.37. The Bertz CT molecular complexity index is 527. The molecular formula is C13H15ClN2OS. The fourth-order valence-corrected chi connectivity index (χ4v) is 2.58. The quantitative estimate of drug-likeness (QED) is 0.913. The third-order valence-electron chi connectivity index (χ3n) is 2.42. The van der Waals surface area contributed by atoms with Crippen molar-refractivity contribution in [2.75, 3.05) is 7.05 Å². The van der Waals surface area contributed by atoms with Gasteiger partial charge in [-0.05, 0) is 20.0 Å². The zero-order valence-electron chi connectivity index (χ0n) is 10.4. The van der Waals surface area contributed by atoms with Crippen LogP contribution in [0.3, 0.4) is 0 Å². The number of rotatable bonds is 5. The van der Waals surface area contributed by atoms with Gasteiger partial charge >= 0.3 is 0 Å². The first kappa shape index (κ1) is 13.3. The molecule has 0 radical (unpaired) electrons. The van der Waals surface area contributed by atoms with Gasteiger partial charge in [0.15, 0.2) is 0 Å². The van der Waals surface area contributed by atoms with Crippen molar-refractivity contribution in [3.05, 3.63) is 44.9 Å². The Morgan fingerprint density at radius 1 is 1.44 bits per heavy atom. The number of para-hydroxylation sites is 1. The van der Waals surface area contributed by atoms with Crippen LogP contribution in [-0.2, 0) is 13.2 Å². The molecule has 96 valence electrons. The number of aromatic nitrogens is 1. The van der Waals surface area contributed by atoms with Crippen molar-refractivity contribution in [1.29, 1.82) is 0 Å². The van der Waals surface area contributed by atoms with Crippen molar-refractivity contribution in [1.82, 2.24) is 10.3 Å². The Balaban J connectivity index is 2.12. The van der Waals surface area contributed by atoms with Crippen molar-refractivity contribution in [2.24, 2.45) is 0 Å². The van der Waals surface area contributed by atoms with Crippen LogP contribution in [-0.4, -0.2) is 12.0 Å². The van der Waals surface area contributed by atoms with Gasteiger partial charge in [-0.3, -0.25) is 0 Å². The number of hydrogen-bond donors (Lipinski definition) is 1. The number of ether oxygens (including phenoxy) is 1.